The Balaban J connectivity index is 2.03. The van der Waals surface area contributed by atoms with Gasteiger partial charge < -0.3 is 14.4 Å². The lowest BCUT2D eigenvalue weighted by Crippen LogP contribution is -2.35. The molecule has 2 heterocycles. The molecule has 0 bridgehead atoms. The number of halogens is 1. The van der Waals surface area contributed by atoms with Crippen LogP contribution in [0.5, 0.6) is 0 Å². The first-order valence-corrected chi connectivity index (χ1v) is 8.69. The van der Waals surface area contributed by atoms with Gasteiger partial charge in [0.25, 0.3) is 0 Å². The molecule has 1 amide bonds. The van der Waals surface area contributed by atoms with Gasteiger partial charge in [-0.2, -0.15) is 5.10 Å². The Morgan fingerprint density at radius 1 is 1.43 bits per heavy atom. The van der Waals surface area contributed by atoms with Gasteiger partial charge >= 0.3 is 12.1 Å². The lowest BCUT2D eigenvalue weighted by Gasteiger charge is -2.24. The fourth-order valence-electron chi connectivity index (χ4n) is 2.35. The van der Waals surface area contributed by atoms with Gasteiger partial charge in [-0.25, -0.2) is 9.59 Å². The number of hydrogen-bond donors (Lipinski definition) is 0. The quantitative estimate of drug-likeness (QED) is 0.540. The van der Waals surface area contributed by atoms with Crippen molar-refractivity contribution in [1.82, 2.24) is 14.7 Å². The van der Waals surface area contributed by atoms with E-state index < -0.39 is 5.60 Å². The van der Waals surface area contributed by atoms with Crippen LogP contribution in [0.15, 0.2) is 6.20 Å². The van der Waals surface area contributed by atoms with Gasteiger partial charge in [0, 0.05) is 19.3 Å². The van der Waals surface area contributed by atoms with E-state index in [0.29, 0.717) is 29.0 Å². The highest BCUT2D eigenvalue weighted by molar-refractivity contribution is 14.1. The lowest BCUT2D eigenvalue weighted by molar-refractivity contribution is 0.0288. The van der Waals surface area contributed by atoms with Gasteiger partial charge in [-0.1, -0.05) is 0 Å². The zero-order chi connectivity index (χ0) is 17.2. The molecule has 1 aliphatic rings. The van der Waals surface area contributed by atoms with E-state index in [-0.39, 0.29) is 18.1 Å². The molecular formula is C15H22IN3O4. The third-order valence-corrected chi connectivity index (χ3v) is 4.17. The van der Waals surface area contributed by atoms with Crippen molar-refractivity contribution < 1.29 is 19.1 Å². The van der Waals surface area contributed by atoms with Crippen molar-refractivity contribution in [2.45, 2.75) is 45.8 Å². The van der Waals surface area contributed by atoms with E-state index in [4.69, 9.17) is 9.47 Å². The zero-order valence-electron chi connectivity index (χ0n) is 13.8. The van der Waals surface area contributed by atoms with Crippen LogP contribution in [0.4, 0.5) is 4.79 Å². The number of esters is 1. The minimum atomic E-state index is -0.507. The van der Waals surface area contributed by atoms with Crippen molar-refractivity contribution in [1.29, 1.82) is 0 Å². The number of hydrogen-bond acceptors (Lipinski definition) is 5. The lowest BCUT2D eigenvalue weighted by atomic mass is 10.2. The van der Waals surface area contributed by atoms with Crippen molar-refractivity contribution in [2.24, 2.45) is 0 Å². The molecule has 0 saturated carbocycles. The molecule has 8 heteroatoms. The maximum absolute atomic E-state index is 12.1. The molecule has 1 aromatic rings. The van der Waals surface area contributed by atoms with Crippen LogP contribution in [-0.2, 0) is 9.47 Å². The first kappa shape index (κ1) is 18.0. The summed E-state index contributed by atoms with van der Waals surface area (Å²) >= 11 is 2.02. The molecule has 1 atom stereocenters. The number of ether oxygens (including phenoxy) is 2. The van der Waals surface area contributed by atoms with Crippen LogP contribution in [-0.4, -0.2) is 52.0 Å². The smallest absolute Gasteiger partial charge is 0.410 e. The van der Waals surface area contributed by atoms with E-state index in [0.717, 1.165) is 6.42 Å². The molecule has 0 aromatic carbocycles. The molecule has 0 N–H and O–H groups in total. The standard InChI is InChI=1S/C15H22IN3O4/c1-5-22-13(20)11-9-19(17-12(11)16)10-6-7-18(8-10)14(21)23-15(2,3)4/h9-10H,5-8H2,1-4H3/t10-/m0/s1. The summed E-state index contributed by atoms with van der Waals surface area (Å²) in [5, 5.41) is 4.39. The summed E-state index contributed by atoms with van der Waals surface area (Å²) in [7, 11) is 0. The molecule has 0 spiro atoms. The van der Waals surface area contributed by atoms with Crippen molar-refractivity contribution in [2.75, 3.05) is 19.7 Å². The number of nitrogens with zero attached hydrogens (tertiary/aromatic N) is 3. The molecular weight excluding hydrogens is 413 g/mol. The average molecular weight is 435 g/mol. The van der Waals surface area contributed by atoms with Gasteiger partial charge in [-0.15, -0.1) is 0 Å². The summed E-state index contributed by atoms with van der Waals surface area (Å²) in [6.45, 7) is 8.78. The van der Waals surface area contributed by atoms with E-state index in [1.165, 1.54) is 0 Å². The maximum Gasteiger partial charge on any atom is 0.410 e. The summed E-state index contributed by atoms with van der Waals surface area (Å²) in [6.07, 6.45) is 2.16. The average Bonchev–Trinajstić information content (AvgIpc) is 3.03. The van der Waals surface area contributed by atoms with E-state index >= 15 is 0 Å². The Morgan fingerprint density at radius 3 is 2.74 bits per heavy atom. The summed E-state index contributed by atoms with van der Waals surface area (Å²) in [5.41, 5.74) is -0.0454. The predicted molar refractivity (Wildman–Crippen MR) is 92.4 cm³/mol. The number of carbonyl (C=O) groups excluding carboxylic acids is 2. The molecule has 128 valence electrons. The molecule has 1 aliphatic heterocycles. The first-order valence-electron chi connectivity index (χ1n) is 7.61. The number of rotatable bonds is 3. The molecule has 7 nitrogen and oxygen atoms in total. The van der Waals surface area contributed by atoms with E-state index in [1.54, 1.807) is 22.7 Å². The molecule has 23 heavy (non-hydrogen) atoms. The number of aromatic nitrogens is 2. The Bertz CT molecular complexity index is 594. The Hall–Kier alpha value is -1.32. The highest BCUT2D eigenvalue weighted by Crippen LogP contribution is 2.25. The Morgan fingerprint density at radius 2 is 2.13 bits per heavy atom. The number of likely N-dealkylation sites (tertiary alicyclic amines) is 1. The summed E-state index contributed by atoms with van der Waals surface area (Å²) in [5.74, 6) is -0.370. The van der Waals surface area contributed by atoms with Crippen LogP contribution in [0.3, 0.4) is 0 Å². The van der Waals surface area contributed by atoms with Crippen LogP contribution >= 0.6 is 22.6 Å². The molecule has 1 saturated heterocycles. The first-order chi connectivity index (χ1) is 10.7. The van der Waals surface area contributed by atoms with Gasteiger partial charge in [0.05, 0.1) is 12.6 Å². The van der Waals surface area contributed by atoms with E-state index in [2.05, 4.69) is 5.10 Å². The van der Waals surface area contributed by atoms with Gasteiger partial charge in [0.15, 0.2) is 0 Å². The molecule has 1 fully saturated rings. The van der Waals surface area contributed by atoms with Crippen LogP contribution in [0, 0.1) is 3.70 Å². The fraction of sp³-hybridized carbons (Fsp3) is 0.667. The normalized spacial score (nSPS) is 18.1. The topological polar surface area (TPSA) is 73.7 Å². The minimum absolute atomic E-state index is 0.0409. The molecule has 0 unspecified atom stereocenters. The largest absolute Gasteiger partial charge is 0.462 e. The van der Waals surface area contributed by atoms with Crippen molar-refractivity contribution in [3.63, 3.8) is 0 Å². The highest BCUT2D eigenvalue weighted by atomic mass is 127. The third kappa shape index (κ3) is 4.58. The van der Waals surface area contributed by atoms with Gasteiger partial charge in [-0.05, 0) is 56.7 Å². The van der Waals surface area contributed by atoms with Gasteiger partial charge in [-0.3, -0.25) is 4.68 Å². The summed E-state index contributed by atoms with van der Waals surface area (Å²) in [4.78, 5) is 25.6. The van der Waals surface area contributed by atoms with Crippen molar-refractivity contribution >= 4 is 34.7 Å². The van der Waals surface area contributed by atoms with E-state index in [9.17, 15) is 9.59 Å². The molecule has 0 radical (unpaired) electrons. The SMILES string of the molecule is CCOC(=O)c1cn([C@H]2CCN(C(=O)OC(C)(C)C)C2)nc1I. The number of amides is 1. The van der Waals surface area contributed by atoms with Gasteiger partial charge in [0.1, 0.15) is 14.9 Å². The van der Waals surface area contributed by atoms with Crippen molar-refractivity contribution in [3.05, 3.63) is 15.5 Å². The third-order valence-electron chi connectivity index (χ3n) is 3.37. The molecule has 1 aromatic heterocycles. The summed E-state index contributed by atoms with van der Waals surface area (Å²) in [6, 6.07) is 0.0409. The summed E-state index contributed by atoms with van der Waals surface area (Å²) < 4.78 is 12.8. The molecule has 0 aliphatic carbocycles. The van der Waals surface area contributed by atoms with E-state index in [1.807, 2.05) is 43.4 Å². The van der Waals surface area contributed by atoms with Crippen LogP contribution in [0.2, 0.25) is 0 Å². The maximum atomic E-state index is 12.1. The minimum Gasteiger partial charge on any atom is -0.462 e. The second-order valence-electron chi connectivity index (χ2n) is 6.40. The van der Waals surface area contributed by atoms with Crippen LogP contribution in [0.1, 0.15) is 50.5 Å². The van der Waals surface area contributed by atoms with Crippen molar-refractivity contribution in [3.8, 4) is 0 Å². The van der Waals surface area contributed by atoms with Gasteiger partial charge in [0.2, 0.25) is 0 Å². The predicted octanol–water partition coefficient (Wildman–Crippen LogP) is 2.85. The fourth-order valence-corrected chi connectivity index (χ4v) is 2.96. The Kier molecular flexibility index (Phi) is 5.53. The molecule has 2 rings (SSSR count). The zero-order valence-corrected chi connectivity index (χ0v) is 16.0. The van der Waals surface area contributed by atoms with Crippen LogP contribution < -0.4 is 0 Å². The monoisotopic (exact) mass is 435 g/mol. The number of carbonyl (C=O) groups is 2. The Labute approximate surface area is 149 Å². The second kappa shape index (κ2) is 7.06. The van der Waals surface area contributed by atoms with Crippen LogP contribution in [0.25, 0.3) is 0 Å². The highest BCUT2D eigenvalue weighted by Gasteiger charge is 2.32. The second-order valence-corrected chi connectivity index (χ2v) is 7.42.